The summed E-state index contributed by atoms with van der Waals surface area (Å²) >= 11 is 0. The van der Waals surface area contributed by atoms with Crippen molar-refractivity contribution in [2.24, 2.45) is 0 Å². The number of hydrogen-bond donors (Lipinski definition) is 1. The van der Waals surface area contributed by atoms with E-state index in [0.717, 1.165) is 0 Å². The Morgan fingerprint density at radius 2 is 2.19 bits per heavy atom. The van der Waals surface area contributed by atoms with E-state index in [-0.39, 0.29) is 30.5 Å². The number of carbonyl (C=O) groups is 2. The van der Waals surface area contributed by atoms with Gasteiger partial charge in [-0.25, -0.2) is 4.39 Å². The SMILES string of the molecule is O=C1CCN(C(=O)Cc2cccc(F)c2)CCOCCN1. The summed E-state index contributed by atoms with van der Waals surface area (Å²) in [6.45, 7) is 2.17. The van der Waals surface area contributed by atoms with Gasteiger partial charge in [0.15, 0.2) is 0 Å². The molecule has 0 atom stereocenters. The molecule has 0 aliphatic carbocycles. The molecule has 1 aliphatic heterocycles. The molecule has 21 heavy (non-hydrogen) atoms. The summed E-state index contributed by atoms with van der Waals surface area (Å²) in [6.07, 6.45) is 0.397. The molecule has 1 aromatic carbocycles. The lowest BCUT2D eigenvalue weighted by Crippen LogP contribution is -2.40. The van der Waals surface area contributed by atoms with Crippen LogP contribution in [0.3, 0.4) is 0 Å². The molecular formula is C15H19FN2O3. The summed E-state index contributed by atoms with van der Waals surface area (Å²) in [6, 6.07) is 5.99. The van der Waals surface area contributed by atoms with Crippen molar-refractivity contribution in [1.29, 1.82) is 0 Å². The van der Waals surface area contributed by atoms with Crippen LogP contribution in [0.15, 0.2) is 24.3 Å². The number of nitrogens with one attached hydrogen (secondary N) is 1. The van der Waals surface area contributed by atoms with Gasteiger partial charge in [-0.05, 0) is 17.7 Å². The van der Waals surface area contributed by atoms with Gasteiger partial charge >= 0.3 is 0 Å². The minimum atomic E-state index is -0.357. The number of carbonyl (C=O) groups excluding carboxylic acids is 2. The van der Waals surface area contributed by atoms with Crippen LogP contribution in [-0.2, 0) is 20.7 Å². The molecule has 2 rings (SSSR count). The van der Waals surface area contributed by atoms with E-state index >= 15 is 0 Å². The molecule has 1 saturated heterocycles. The highest BCUT2D eigenvalue weighted by atomic mass is 19.1. The molecule has 1 heterocycles. The van der Waals surface area contributed by atoms with E-state index in [2.05, 4.69) is 5.32 Å². The van der Waals surface area contributed by atoms with E-state index in [1.807, 2.05) is 0 Å². The Kier molecular flexibility index (Phi) is 5.68. The van der Waals surface area contributed by atoms with Gasteiger partial charge in [0.05, 0.1) is 19.6 Å². The van der Waals surface area contributed by atoms with Crippen molar-refractivity contribution in [2.45, 2.75) is 12.8 Å². The van der Waals surface area contributed by atoms with E-state index < -0.39 is 0 Å². The minimum absolute atomic E-state index is 0.0935. The number of amides is 2. The summed E-state index contributed by atoms with van der Waals surface area (Å²) in [4.78, 5) is 25.4. The molecular weight excluding hydrogens is 275 g/mol. The Hall–Kier alpha value is -1.95. The van der Waals surface area contributed by atoms with Crippen molar-refractivity contribution >= 4 is 11.8 Å². The lowest BCUT2D eigenvalue weighted by atomic mass is 10.1. The van der Waals surface area contributed by atoms with Crippen molar-refractivity contribution in [3.05, 3.63) is 35.6 Å². The van der Waals surface area contributed by atoms with Crippen molar-refractivity contribution in [3.8, 4) is 0 Å². The number of hydrogen-bond acceptors (Lipinski definition) is 3. The summed E-state index contributed by atoms with van der Waals surface area (Å²) in [5, 5.41) is 2.72. The monoisotopic (exact) mass is 294 g/mol. The Labute approximate surface area is 123 Å². The predicted molar refractivity (Wildman–Crippen MR) is 75.1 cm³/mol. The van der Waals surface area contributed by atoms with Crippen LogP contribution in [0.2, 0.25) is 0 Å². The molecule has 1 N–H and O–H groups in total. The molecule has 0 radical (unpaired) electrons. The van der Waals surface area contributed by atoms with Crippen molar-refractivity contribution in [3.63, 3.8) is 0 Å². The average molecular weight is 294 g/mol. The molecule has 114 valence electrons. The predicted octanol–water partition coefficient (Wildman–Crippen LogP) is 0.733. The Morgan fingerprint density at radius 3 is 3.00 bits per heavy atom. The van der Waals surface area contributed by atoms with Gasteiger partial charge in [0.1, 0.15) is 5.82 Å². The number of nitrogens with zero attached hydrogens (tertiary/aromatic N) is 1. The van der Waals surface area contributed by atoms with Gasteiger partial charge in [-0.1, -0.05) is 12.1 Å². The highest BCUT2D eigenvalue weighted by molar-refractivity contribution is 5.80. The first kappa shape index (κ1) is 15.4. The van der Waals surface area contributed by atoms with E-state index in [0.29, 0.717) is 38.4 Å². The number of halogens is 1. The second kappa shape index (κ2) is 7.73. The van der Waals surface area contributed by atoms with Crippen LogP contribution in [0.25, 0.3) is 0 Å². The minimum Gasteiger partial charge on any atom is -0.378 e. The first-order chi connectivity index (χ1) is 10.1. The average Bonchev–Trinajstić information content (AvgIpc) is 2.46. The van der Waals surface area contributed by atoms with Crippen molar-refractivity contribution < 1.29 is 18.7 Å². The second-order valence-corrected chi connectivity index (χ2v) is 4.90. The molecule has 0 spiro atoms. The second-order valence-electron chi connectivity index (χ2n) is 4.90. The highest BCUT2D eigenvalue weighted by Gasteiger charge is 2.16. The summed E-state index contributed by atoms with van der Waals surface area (Å²) < 4.78 is 18.5. The smallest absolute Gasteiger partial charge is 0.227 e. The lowest BCUT2D eigenvalue weighted by molar-refractivity contribution is -0.132. The van der Waals surface area contributed by atoms with Crippen LogP contribution < -0.4 is 5.32 Å². The van der Waals surface area contributed by atoms with Gasteiger partial charge in [-0.15, -0.1) is 0 Å². The largest absolute Gasteiger partial charge is 0.378 e. The molecule has 0 aromatic heterocycles. The normalized spacial score (nSPS) is 17.2. The fourth-order valence-electron chi connectivity index (χ4n) is 2.16. The number of benzene rings is 1. The summed E-state index contributed by atoms with van der Waals surface area (Å²) in [5.41, 5.74) is 0.627. The van der Waals surface area contributed by atoms with E-state index in [9.17, 15) is 14.0 Å². The van der Waals surface area contributed by atoms with Crippen LogP contribution >= 0.6 is 0 Å². The Bertz CT molecular complexity index is 507. The third-order valence-electron chi connectivity index (χ3n) is 3.28. The summed E-state index contributed by atoms with van der Waals surface area (Å²) in [5.74, 6) is -0.578. The van der Waals surface area contributed by atoms with E-state index in [1.54, 1.807) is 17.0 Å². The first-order valence-corrected chi connectivity index (χ1v) is 7.02. The molecule has 1 aliphatic rings. The van der Waals surface area contributed by atoms with E-state index in [4.69, 9.17) is 4.74 Å². The third-order valence-corrected chi connectivity index (χ3v) is 3.28. The molecule has 2 amide bonds. The summed E-state index contributed by atoms with van der Waals surface area (Å²) in [7, 11) is 0. The van der Waals surface area contributed by atoms with Gasteiger partial charge in [0.25, 0.3) is 0 Å². The van der Waals surface area contributed by atoms with Crippen molar-refractivity contribution in [2.75, 3.05) is 32.8 Å². The molecule has 6 heteroatoms. The molecule has 5 nitrogen and oxygen atoms in total. The van der Waals surface area contributed by atoms with Gasteiger partial charge < -0.3 is 15.0 Å². The molecule has 0 unspecified atom stereocenters. The fraction of sp³-hybridized carbons (Fsp3) is 0.467. The first-order valence-electron chi connectivity index (χ1n) is 7.02. The third kappa shape index (κ3) is 5.15. The maximum atomic E-state index is 13.1. The van der Waals surface area contributed by atoms with Gasteiger partial charge in [0.2, 0.25) is 11.8 Å². The molecule has 0 bridgehead atoms. The number of rotatable bonds is 2. The van der Waals surface area contributed by atoms with Crippen LogP contribution in [-0.4, -0.2) is 49.6 Å². The van der Waals surface area contributed by atoms with Gasteiger partial charge in [-0.3, -0.25) is 9.59 Å². The molecule has 0 saturated carbocycles. The van der Waals surface area contributed by atoms with Gasteiger partial charge in [-0.2, -0.15) is 0 Å². The maximum Gasteiger partial charge on any atom is 0.227 e. The zero-order valence-corrected chi connectivity index (χ0v) is 11.8. The molecule has 1 aromatic rings. The van der Waals surface area contributed by atoms with Gasteiger partial charge in [0, 0.05) is 26.1 Å². The van der Waals surface area contributed by atoms with E-state index in [1.165, 1.54) is 12.1 Å². The topological polar surface area (TPSA) is 58.6 Å². The zero-order valence-electron chi connectivity index (χ0n) is 11.8. The lowest BCUT2D eigenvalue weighted by Gasteiger charge is -2.24. The molecule has 1 fully saturated rings. The quantitative estimate of drug-likeness (QED) is 0.875. The maximum absolute atomic E-state index is 13.1. The van der Waals surface area contributed by atoms with Crippen molar-refractivity contribution in [1.82, 2.24) is 10.2 Å². The Balaban J connectivity index is 1.96. The van der Waals surface area contributed by atoms with Crippen LogP contribution in [0, 0.1) is 5.82 Å². The standard InChI is InChI=1S/C15H19FN2O3/c16-13-3-1-2-12(10-13)11-15(20)18-6-4-14(19)17-5-8-21-9-7-18/h1-3,10H,4-9,11H2,(H,17,19). The van der Waals surface area contributed by atoms with Crippen LogP contribution in [0.1, 0.15) is 12.0 Å². The van der Waals surface area contributed by atoms with Crippen LogP contribution in [0.5, 0.6) is 0 Å². The highest BCUT2D eigenvalue weighted by Crippen LogP contribution is 2.07. The number of ether oxygens (including phenoxy) is 1. The zero-order chi connectivity index (χ0) is 15.1. The van der Waals surface area contributed by atoms with Crippen LogP contribution in [0.4, 0.5) is 4.39 Å². The fourth-order valence-corrected chi connectivity index (χ4v) is 2.16. The Morgan fingerprint density at radius 1 is 1.33 bits per heavy atom.